The molecule has 0 fully saturated rings. The lowest BCUT2D eigenvalue weighted by molar-refractivity contribution is -0.696. The number of benzene rings is 1. The number of rotatable bonds is 3. The van der Waals surface area contributed by atoms with E-state index in [-0.39, 0.29) is 17.0 Å². The molecule has 19 heavy (non-hydrogen) atoms. The zero-order valence-electron chi connectivity index (χ0n) is 10.9. The maximum Gasteiger partial charge on any atom is 0.171 e. The Hall–Kier alpha value is -1.61. The Bertz CT molecular complexity index is 673. The second-order valence-corrected chi connectivity index (χ2v) is 4.73. The van der Waals surface area contributed by atoms with Gasteiger partial charge in [0.15, 0.2) is 18.9 Å². The Morgan fingerprint density at radius 3 is 2.79 bits per heavy atom. The Kier molecular flexibility index (Phi) is 4.38. The molecule has 0 aliphatic carbocycles. The molecule has 1 aromatic carbocycles. The van der Waals surface area contributed by atoms with Crippen LogP contribution in [0.1, 0.15) is 11.1 Å². The number of hydrogen-bond donors (Lipinski definition) is 1. The number of nitrogens with zero attached hydrogens (tertiary/aromatic N) is 1. The van der Waals surface area contributed by atoms with Crippen LogP contribution in [0.4, 0.5) is 0 Å². The first-order valence-corrected chi connectivity index (χ1v) is 6.33. The molecule has 0 saturated heterocycles. The third-order valence-corrected chi connectivity index (χ3v) is 3.32. The van der Waals surface area contributed by atoms with Crippen LogP contribution in [0.2, 0.25) is 0 Å². The van der Waals surface area contributed by atoms with Crippen molar-refractivity contribution >= 4 is 10.9 Å². The number of fused-ring (bicyclic) bond motifs is 1. The minimum absolute atomic E-state index is 0. The number of aromatic nitrogens is 2. The molecule has 0 unspecified atom stereocenters. The Labute approximate surface area is 123 Å². The van der Waals surface area contributed by atoms with Crippen LogP contribution in [0.5, 0.6) is 0 Å². The van der Waals surface area contributed by atoms with Gasteiger partial charge in [-0.2, -0.15) is 0 Å². The van der Waals surface area contributed by atoms with Crippen molar-refractivity contribution in [3.63, 3.8) is 0 Å². The summed E-state index contributed by atoms with van der Waals surface area (Å²) in [4.78, 5) is 3.33. The molecule has 2 heterocycles. The van der Waals surface area contributed by atoms with E-state index in [9.17, 15) is 0 Å². The molecule has 3 rings (SSSR count). The van der Waals surface area contributed by atoms with Gasteiger partial charge < -0.3 is 22.0 Å². The monoisotopic (exact) mass is 316 g/mol. The molecule has 2 aromatic heterocycles. The molecule has 0 bridgehead atoms. The molecule has 0 amide bonds. The fourth-order valence-electron chi connectivity index (χ4n) is 2.38. The molecule has 0 radical (unpaired) electrons. The van der Waals surface area contributed by atoms with Gasteiger partial charge in [-0.1, -0.05) is 18.2 Å². The van der Waals surface area contributed by atoms with Gasteiger partial charge in [0.1, 0.15) is 0 Å². The summed E-state index contributed by atoms with van der Waals surface area (Å²) in [6.45, 7) is 3.14. The van der Waals surface area contributed by atoms with E-state index in [1.165, 1.54) is 22.0 Å². The van der Waals surface area contributed by atoms with Crippen molar-refractivity contribution in [2.45, 2.75) is 19.9 Å². The molecule has 3 heteroatoms. The minimum atomic E-state index is 0. The zero-order chi connectivity index (χ0) is 12.4. The van der Waals surface area contributed by atoms with Gasteiger partial charge in [-0.15, -0.1) is 0 Å². The van der Waals surface area contributed by atoms with Crippen LogP contribution in [0, 0.1) is 6.92 Å². The minimum Gasteiger partial charge on any atom is -1.00 e. The van der Waals surface area contributed by atoms with E-state index < -0.39 is 0 Å². The van der Waals surface area contributed by atoms with Crippen molar-refractivity contribution in [2.24, 2.45) is 0 Å². The van der Waals surface area contributed by atoms with Crippen molar-refractivity contribution < 1.29 is 21.5 Å². The summed E-state index contributed by atoms with van der Waals surface area (Å²) >= 11 is 0. The first kappa shape index (κ1) is 13.8. The molecule has 98 valence electrons. The number of aromatic amines is 1. The molecule has 0 aliphatic heterocycles. The van der Waals surface area contributed by atoms with Gasteiger partial charge in [0.25, 0.3) is 0 Å². The highest BCUT2D eigenvalue weighted by molar-refractivity contribution is 5.82. The Morgan fingerprint density at radius 1 is 1.11 bits per heavy atom. The average molecular weight is 317 g/mol. The van der Waals surface area contributed by atoms with E-state index in [0.717, 1.165) is 13.0 Å². The first-order chi connectivity index (χ1) is 8.83. The highest BCUT2D eigenvalue weighted by Gasteiger charge is 2.06. The van der Waals surface area contributed by atoms with E-state index in [0.29, 0.717) is 0 Å². The molecular weight excluding hydrogens is 300 g/mol. The van der Waals surface area contributed by atoms with E-state index in [1.54, 1.807) is 0 Å². The quantitative estimate of drug-likeness (QED) is 0.657. The second kappa shape index (κ2) is 6.02. The third kappa shape index (κ3) is 3.04. The number of halogens is 1. The fourth-order valence-corrected chi connectivity index (χ4v) is 2.38. The van der Waals surface area contributed by atoms with Crippen LogP contribution in [0.3, 0.4) is 0 Å². The summed E-state index contributed by atoms with van der Waals surface area (Å²) in [5, 5.41) is 1.34. The maximum absolute atomic E-state index is 3.33. The van der Waals surface area contributed by atoms with Crippen LogP contribution in [-0.4, -0.2) is 4.98 Å². The maximum atomic E-state index is 3.33. The number of nitrogens with one attached hydrogen (secondary N) is 1. The number of aryl methyl sites for hydroxylation is 3. The smallest absolute Gasteiger partial charge is 0.171 e. The van der Waals surface area contributed by atoms with Crippen molar-refractivity contribution in [1.82, 2.24) is 4.98 Å². The molecule has 0 spiro atoms. The Balaban J connectivity index is 0.00000133. The largest absolute Gasteiger partial charge is 1.00 e. The summed E-state index contributed by atoms with van der Waals surface area (Å²) in [6.07, 6.45) is 7.50. The standard InChI is InChI=1S/C16H17N2.BrH/c1-13-5-4-9-18(12-13)10-8-14-11-17-16-7-3-2-6-15(14)16;/h2-7,9,11-12,17H,8,10H2,1H3;1H/q+1;/p-1. The normalized spacial score (nSPS) is 10.4. The zero-order valence-corrected chi connectivity index (χ0v) is 12.5. The molecule has 3 aromatic rings. The van der Waals surface area contributed by atoms with E-state index in [1.807, 2.05) is 0 Å². The topological polar surface area (TPSA) is 19.7 Å². The average Bonchev–Trinajstić information content (AvgIpc) is 2.80. The van der Waals surface area contributed by atoms with Crippen molar-refractivity contribution in [1.29, 1.82) is 0 Å². The molecule has 0 aliphatic rings. The van der Waals surface area contributed by atoms with E-state index in [2.05, 4.69) is 71.5 Å². The van der Waals surface area contributed by atoms with Gasteiger partial charge in [-0.05, 0) is 24.6 Å². The highest BCUT2D eigenvalue weighted by Crippen LogP contribution is 2.17. The van der Waals surface area contributed by atoms with Crippen molar-refractivity contribution in [3.05, 3.63) is 66.1 Å². The van der Waals surface area contributed by atoms with Gasteiger partial charge in [0, 0.05) is 35.2 Å². The van der Waals surface area contributed by atoms with Crippen LogP contribution in [0.15, 0.2) is 55.0 Å². The summed E-state index contributed by atoms with van der Waals surface area (Å²) in [5.74, 6) is 0. The van der Waals surface area contributed by atoms with Gasteiger partial charge in [-0.3, -0.25) is 0 Å². The number of para-hydroxylation sites is 1. The molecule has 0 saturated carbocycles. The van der Waals surface area contributed by atoms with Crippen LogP contribution in [0.25, 0.3) is 10.9 Å². The summed E-state index contributed by atoms with van der Waals surface area (Å²) < 4.78 is 2.25. The second-order valence-electron chi connectivity index (χ2n) is 4.73. The van der Waals surface area contributed by atoms with Crippen LogP contribution < -0.4 is 21.5 Å². The number of pyridine rings is 1. The van der Waals surface area contributed by atoms with Gasteiger partial charge in [0.05, 0.1) is 0 Å². The van der Waals surface area contributed by atoms with Gasteiger partial charge in [0.2, 0.25) is 0 Å². The number of H-pyrrole nitrogens is 1. The van der Waals surface area contributed by atoms with Gasteiger partial charge >= 0.3 is 0 Å². The lowest BCUT2D eigenvalue weighted by Gasteiger charge is -1.98. The van der Waals surface area contributed by atoms with Crippen LogP contribution in [-0.2, 0) is 13.0 Å². The lowest BCUT2D eigenvalue weighted by Crippen LogP contribution is -3.00. The van der Waals surface area contributed by atoms with Crippen molar-refractivity contribution in [2.75, 3.05) is 0 Å². The number of hydrogen-bond acceptors (Lipinski definition) is 0. The van der Waals surface area contributed by atoms with E-state index >= 15 is 0 Å². The summed E-state index contributed by atoms with van der Waals surface area (Å²) in [5.41, 5.74) is 3.91. The fraction of sp³-hybridized carbons (Fsp3) is 0.188. The molecule has 1 N–H and O–H groups in total. The van der Waals surface area contributed by atoms with Gasteiger partial charge in [-0.25, -0.2) is 4.57 Å². The third-order valence-electron chi connectivity index (χ3n) is 3.32. The first-order valence-electron chi connectivity index (χ1n) is 6.33. The predicted octanol–water partition coefficient (Wildman–Crippen LogP) is 0.0105. The van der Waals surface area contributed by atoms with E-state index in [4.69, 9.17) is 0 Å². The SMILES string of the molecule is Cc1ccc[n+](CCc2c[nH]c3ccccc23)c1.[Br-]. The predicted molar refractivity (Wildman–Crippen MR) is 73.4 cm³/mol. The highest BCUT2D eigenvalue weighted by atomic mass is 79.9. The summed E-state index contributed by atoms with van der Waals surface area (Å²) in [7, 11) is 0. The molecule has 2 nitrogen and oxygen atoms in total. The van der Waals surface area contributed by atoms with Crippen molar-refractivity contribution in [3.8, 4) is 0 Å². The lowest BCUT2D eigenvalue weighted by atomic mass is 10.1. The van der Waals surface area contributed by atoms with Crippen LogP contribution >= 0.6 is 0 Å². The molecular formula is C16H17BrN2. The Morgan fingerprint density at radius 2 is 1.95 bits per heavy atom. The summed E-state index contributed by atoms with van der Waals surface area (Å²) in [6, 6.07) is 12.7. The molecule has 0 atom stereocenters.